The number of ether oxygens (including phenoxy) is 1. The zero-order valence-electron chi connectivity index (χ0n) is 10.6. The minimum Gasteiger partial charge on any atom is -0.426 e. The van der Waals surface area contributed by atoms with Gasteiger partial charge < -0.3 is 4.74 Å². The first-order valence-electron chi connectivity index (χ1n) is 5.83. The number of cyclic esters (lactones) is 1. The van der Waals surface area contributed by atoms with Crippen molar-refractivity contribution in [1.82, 2.24) is 5.48 Å². The maximum atomic E-state index is 12.1. The molecule has 0 spiro atoms. The fourth-order valence-electron chi connectivity index (χ4n) is 1.48. The molecule has 1 heterocycles. The van der Waals surface area contributed by atoms with Crippen LogP contribution in [0.5, 0.6) is 0 Å². The van der Waals surface area contributed by atoms with Gasteiger partial charge in [0.05, 0.1) is 12.3 Å². The Hall–Kier alpha value is -1.14. The molecular weight excluding hydrogens is 302 g/mol. The van der Waals surface area contributed by atoms with E-state index in [1.807, 2.05) is 13.8 Å². The summed E-state index contributed by atoms with van der Waals surface area (Å²) in [5.41, 5.74) is 3.04. The highest BCUT2D eigenvalue weighted by molar-refractivity contribution is 9.12. The zero-order chi connectivity index (χ0) is 13.7. The highest BCUT2D eigenvalue weighted by Gasteiger charge is 2.33. The van der Waals surface area contributed by atoms with Gasteiger partial charge in [-0.25, -0.2) is 4.79 Å². The molecule has 0 saturated carbocycles. The Bertz CT molecular complexity index is 426. The van der Waals surface area contributed by atoms with E-state index in [4.69, 9.17) is 9.57 Å². The predicted octanol–water partition coefficient (Wildman–Crippen LogP) is 2.33. The van der Waals surface area contributed by atoms with E-state index in [0.717, 1.165) is 0 Å². The smallest absolute Gasteiger partial charge is 0.349 e. The molecular formula is C12H16BrNO4. The summed E-state index contributed by atoms with van der Waals surface area (Å²) in [5, 5.41) is 0. The first-order valence-corrected chi connectivity index (χ1v) is 6.62. The van der Waals surface area contributed by atoms with E-state index in [0.29, 0.717) is 35.4 Å². The lowest BCUT2D eigenvalue weighted by Crippen LogP contribution is -2.28. The average Bonchev–Trinajstić information content (AvgIpc) is 2.37. The summed E-state index contributed by atoms with van der Waals surface area (Å²) in [6.07, 6.45) is 0.948. The van der Waals surface area contributed by atoms with E-state index in [9.17, 15) is 9.59 Å². The normalized spacial score (nSPS) is 18.9. The molecule has 5 nitrogen and oxygen atoms in total. The third kappa shape index (κ3) is 3.00. The molecule has 0 aromatic heterocycles. The van der Waals surface area contributed by atoms with E-state index in [-0.39, 0.29) is 11.4 Å². The lowest BCUT2D eigenvalue weighted by Gasteiger charge is -2.19. The molecule has 0 unspecified atom stereocenters. The number of ketones is 1. The topological polar surface area (TPSA) is 64.6 Å². The Labute approximate surface area is 114 Å². The maximum Gasteiger partial charge on any atom is 0.349 e. The van der Waals surface area contributed by atoms with Crippen LogP contribution < -0.4 is 5.48 Å². The molecule has 0 aliphatic carbocycles. The van der Waals surface area contributed by atoms with Gasteiger partial charge in [-0.05, 0) is 29.3 Å². The molecule has 6 heteroatoms. The Kier molecular flexibility index (Phi) is 5.55. The van der Waals surface area contributed by atoms with Crippen molar-refractivity contribution < 1.29 is 19.2 Å². The highest BCUT2D eigenvalue weighted by Crippen LogP contribution is 2.29. The zero-order valence-corrected chi connectivity index (χ0v) is 12.2. The van der Waals surface area contributed by atoms with Crippen LogP contribution in [0.2, 0.25) is 0 Å². The molecule has 0 radical (unpaired) electrons. The van der Waals surface area contributed by atoms with Crippen molar-refractivity contribution in [2.75, 3.05) is 6.61 Å². The van der Waals surface area contributed by atoms with Gasteiger partial charge in [-0.3, -0.25) is 15.1 Å². The number of carbonyl (C=O) groups is 2. The van der Waals surface area contributed by atoms with Crippen molar-refractivity contribution >= 4 is 27.7 Å². The second-order valence-electron chi connectivity index (χ2n) is 3.55. The van der Waals surface area contributed by atoms with Crippen molar-refractivity contribution in [3.63, 3.8) is 0 Å². The minimum atomic E-state index is -0.635. The third-order valence-electron chi connectivity index (χ3n) is 2.41. The van der Waals surface area contributed by atoms with E-state index in [1.54, 1.807) is 6.92 Å². The van der Waals surface area contributed by atoms with Crippen LogP contribution in [0.4, 0.5) is 0 Å². The molecule has 0 amide bonds. The number of Topliss-reactive ketones (excluding diaryl/α,β-unsaturated/α-hetero) is 1. The minimum absolute atomic E-state index is 0.00461. The fraction of sp³-hybridized carbons (Fsp3) is 0.500. The summed E-state index contributed by atoms with van der Waals surface area (Å²) in [5.74, 6) is -0.642. The molecule has 0 saturated heterocycles. The van der Waals surface area contributed by atoms with Crippen molar-refractivity contribution in [1.29, 1.82) is 0 Å². The van der Waals surface area contributed by atoms with Gasteiger partial charge in [0.2, 0.25) is 5.78 Å². The quantitative estimate of drug-likeness (QED) is 0.365. The Morgan fingerprint density at radius 2 is 2.00 bits per heavy atom. The van der Waals surface area contributed by atoms with Gasteiger partial charge in [-0.2, -0.15) is 0 Å². The number of esters is 1. The molecule has 0 fully saturated rings. The molecule has 1 rings (SSSR count). The summed E-state index contributed by atoms with van der Waals surface area (Å²) < 4.78 is 5.41. The van der Waals surface area contributed by atoms with Crippen LogP contribution in [0.3, 0.4) is 0 Å². The number of hydrogen-bond donors (Lipinski definition) is 1. The molecule has 18 heavy (non-hydrogen) atoms. The predicted molar refractivity (Wildman–Crippen MR) is 69.4 cm³/mol. The van der Waals surface area contributed by atoms with Crippen LogP contribution in [-0.2, 0) is 19.2 Å². The van der Waals surface area contributed by atoms with Crippen LogP contribution >= 0.6 is 15.9 Å². The summed E-state index contributed by atoms with van der Waals surface area (Å²) in [6, 6.07) is 0. The monoisotopic (exact) mass is 317 g/mol. The third-order valence-corrected chi connectivity index (χ3v) is 3.21. The van der Waals surface area contributed by atoms with E-state index < -0.39 is 5.97 Å². The summed E-state index contributed by atoms with van der Waals surface area (Å²) in [7, 11) is 0. The number of halogens is 1. The van der Waals surface area contributed by atoms with E-state index in [1.165, 1.54) is 0 Å². The van der Waals surface area contributed by atoms with Crippen molar-refractivity contribution in [2.45, 2.75) is 33.6 Å². The number of carbonyl (C=O) groups excluding carboxylic acids is 2. The SMILES string of the molecule is CCON/C(CC)=C1\C(=O)OC(CC)=C(Br)C1=O. The highest BCUT2D eigenvalue weighted by atomic mass is 79.9. The van der Waals surface area contributed by atoms with Crippen LogP contribution in [0.1, 0.15) is 33.6 Å². The summed E-state index contributed by atoms with van der Waals surface area (Å²) >= 11 is 3.16. The average molecular weight is 318 g/mol. The van der Waals surface area contributed by atoms with Crippen molar-refractivity contribution in [3.8, 4) is 0 Å². The molecule has 100 valence electrons. The Morgan fingerprint density at radius 3 is 2.50 bits per heavy atom. The molecule has 0 atom stereocenters. The maximum absolute atomic E-state index is 12.1. The van der Waals surface area contributed by atoms with Crippen LogP contribution in [0.15, 0.2) is 21.5 Å². The van der Waals surface area contributed by atoms with E-state index >= 15 is 0 Å². The van der Waals surface area contributed by atoms with Crippen LogP contribution in [0.25, 0.3) is 0 Å². The first kappa shape index (κ1) is 14.9. The molecule has 1 aliphatic rings. The second kappa shape index (κ2) is 6.70. The number of hydrogen-bond acceptors (Lipinski definition) is 5. The Morgan fingerprint density at radius 1 is 1.33 bits per heavy atom. The molecule has 0 aromatic rings. The molecule has 0 bridgehead atoms. The van der Waals surface area contributed by atoms with Gasteiger partial charge in [0.15, 0.2) is 0 Å². The molecule has 1 aliphatic heterocycles. The van der Waals surface area contributed by atoms with E-state index in [2.05, 4.69) is 21.4 Å². The summed E-state index contributed by atoms with van der Waals surface area (Å²) in [6.45, 7) is 5.86. The van der Waals surface area contributed by atoms with Gasteiger partial charge in [-0.15, -0.1) is 0 Å². The van der Waals surface area contributed by atoms with Gasteiger partial charge in [0.1, 0.15) is 15.8 Å². The second-order valence-corrected chi connectivity index (χ2v) is 4.34. The first-order chi connectivity index (χ1) is 8.56. The molecule has 1 N–H and O–H groups in total. The van der Waals surface area contributed by atoms with Crippen molar-refractivity contribution in [2.24, 2.45) is 0 Å². The van der Waals surface area contributed by atoms with Gasteiger partial charge >= 0.3 is 5.97 Å². The van der Waals surface area contributed by atoms with Gasteiger partial charge in [0.25, 0.3) is 0 Å². The van der Waals surface area contributed by atoms with Crippen LogP contribution in [-0.4, -0.2) is 18.4 Å². The van der Waals surface area contributed by atoms with Gasteiger partial charge in [0, 0.05) is 6.42 Å². The molecule has 0 aromatic carbocycles. The standard InChI is InChI=1S/C12H16BrNO4/c1-4-7(14-17-6-3)9-11(15)10(13)8(5-2)18-12(9)16/h14H,4-6H2,1-3H3/b9-7-. The number of nitrogens with one attached hydrogen (secondary N) is 1. The largest absolute Gasteiger partial charge is 0.426 e. The lowest BCUT2D eigenvalue weighted by atomic mass is 10.0. The number of allylic oxidation sites excluding steroid dienone is 3. The lowest BCUT2D eigenvalue weighted by molar-refractivity contribution is -0.138. The Balaban J connectivity index is 3.16. The number of rotatable bonds is 5. The van der Waals surface area contributed by atoms with Gasteiger partial charge in [-0.1, -0.05) is 13.8 Å². The van der Waals surface area contributed by atoms with Crippen molar-refractivity contribution in [3.05, 3.63) is 21.5 Å². The fourth-order valence-corrected chi connectivity index (χ4v) is 2.04. The number of hydroxylamine groups is 1. The summed E-state index contributed by atoms with van der Waals surface area (Å²) in [4.78, 5) is 29.0. The van der Waals surface area contributed by atoms with Crippen LogP contribution in [0, 0.1) is 0 Å².